The molecule has 4 nitrogen and oxygen atoms in total. The summed E-state index contributed by atoms with van der Waals surface area (Å²) in [7, 11) is 0. The zero-order valence-corrected chi connectivity index (χ0v) is 10.4. The summed E-state index contributed by atoms with van der Waals surface area (Å²) in [6, 6.07) is 9.67. The first-order valence-electron chi connectivity index (χ1n) is 5.68. The number of halogens is 1. The number of carbonyl (C=O) groups is 1. The van der Waals surface area contributed by atoms with Crippen molar-refractivity contribution in [2.75, 3.05) is 18.4 Å². The molecule has 17 heavy (non-hydrogen) atoms. The first kappa shape index (κ1) is 13.8. The lowest BCUT2D eigenvalue weighted by atomic mass is 10.1. The Morgan fingerprint density at radius 3 is 2.47 bits per heavy atom. The van der Waals surface area contributed by atoms with Crippen LogP contribution in [0.2, 0.25) is 0 Å². The summed E-state index contributed by atoms with van der Waals surface area (Å²) in [4.78, 5) is 11.6. The van der Waals surface area contributed by atoms with Crippen molar-refractivity contribution in [2.45, 2.75) is 18.9 Å². The molecule has 0 bridgehead atoms. The zero-order valence-electron chi connectivity index (χ0n) is 9.61. The van der Waals surface area contributed by atoms with Gasteiger partial charge >= 0.3 is 6.03 Å². The topological polar surface area (TPSA) is 53.2 Å². The van der Waals surface area contributed by atoms with Crippen LogP contribution in [0.25, 0.3) is 0 Å². The molecule has 1 saturated heterocycles. The van der Waals surface area contributed by atoms with Gasteiger partial charge in [-0.1, -0.05) is 18.2 Å². The molecule has 1 aromatic carbocycles. The number of hydrogen-bond donors (Lipinski definition) is 3. The van der Waals surface area contributed by atoms with Crippen molar-refractivity contribution in [1.82, 2.24) is 10.6 Å². The van der Waals surface area contributed by atoms with E-state index in [1.165, 1.54) is 0 Å². The summed E-state index contributed by atoms with van der Waals surface area (Å²) in [5, 5.41) is 9.06. The highest BCUT2D eigenvalue weighted by Gasteiger charge is 2.14. The average Bonchev–Trinajstić information content (AvgIpc) is 2.31. The summed E-state index contributed by atoms with van der Waals surface area (Å²) in [6.45, 7) is 1.96. The smallest absolute Gasteiger partial charge is 0.319 e. The maximum Gasteiger partial charge on any atom is 0.319 e. The summed E-state index contributed by atoms with van der Waals surface area (Å²) >= 11 is 0. The van der Waals surface area contributed by atoms with Gasteiger partial charge in [0.2, 0.25) is 0 Å². The number of piperidine rings is 1. The van der Waals surface area contributed by atoms with Gasteiger partial charge in [-0.2, -0.15) is 0 Å². The van der Waals surface area contributed by atoms with E-state index in [-0.39, 0.29) is 18.4 Å². The molecule has 0 aliphatic carbocycles. The van der Waals surface area contributed by atoms with Crippen LogP contribution in [-0.4, -0.2) is 25.2 Å². The third-order valence-corrected chi connectivity index (χ3v) is 2.71. The van der Waals surface area contributed by atoms with Crippen LogP contribution in [0, 0.1) is 0 Å². The second-order valence-electron chi connectivity index (χ2n) is 3.99. The van der Waals surface area contributed by atoms with E-state index >= 15 is 0 Å². The first-order valence-corrected chi connectivity index (χ1v) is 5.68. The van der Waals surface area contributed by atoms with Gasteiger partial charge in [-0.15, -0.1) is 12.4 Å². The molecule has 1 fully saturated rings. The average molecular weight is 256 g/mol. The van der Waals surface area contributed by atoms with Gasteiger partial charge in [-0.25, -0.2) is 4.79 Å². The lowest BCUT2D eigenvalue weighted by molar-refractivity contribution is 0.245. The molecular weight excluding hydrogens is 238 g/mol. The largest absolute Gasteiger partial charge is 0.335 e. The third kappa shape index (κ3) is 4.63. The van der Waals surface area contributed by atoms with E-state index in [0.29, 0.717) is 6.04 Å². The molecule has 5 heteroatoms. The molecule has 94 valence electrons. The number of anilines is 1. The van der Waals surface area contributed by atoms with Crippen LogP contribution in [-0.2, 0) is 0 Å². The van der Waals surface area contributed by atoms with Gasteiger partial charge in [0.25, 0.3) is 0 Å². The second kappa shape index (κ2) is 7.14. The van der Waals surface area contributed by atoms with Crippen LogP contribution in [0.1, 0.15) is 12.8 Å². The number of carbonyl (C=O) groups excluding carboxylic acids is 1. The van der Waals surface area contributed by atoms with E-state index in [1.807, 2.05) is 30.3 Å². The number of amides is 2. The summed E-state index contributed by atoms with van der Waals surface area (Å²) in [6.07, 6.45) is 2.00. The minimum atomic E-state index is -0.113. The number of hydrogen-bond acceptors (Lipinski definition) is 2. The quantitative estimate of drug-likeness (QED) is 0.757. The van der Waals surface area contributed by atoms with Gasteiger partial charge < -0.3 is 16.0 Å². The predicted octanol–water partition coefficient (Wildman–Crippen LogP) is 1.98. The lowest BCUT2D eigenvalue weighted by Gasteiger charge is -2.23. The fraction of sp³-hybridized carbons (Fsp3) is 0.417. The highest BCUT2D eigenvalue weighted by atomic mass is 35.5. The fourth-order valence-corrected chi connectivity index (χ4v) is 1.84. The number of para-hydroxylation sites is 1. The Labute approximate surface area is 108 Å². The molecule has 0 spiro atoms. The molecule has 1 aromatic rings. The SMILES string of the molecule is Cl.O=C(Nc1ccccc1)NC1CCNCC1. The van der Waals surface area contributed by atoms with E-state index in [9.17, 15) is 4.79 Å². The van der Waals surface area contributed by atoms with Crippen molar-refractivity contribution in [3.63, 3.8) is 0 Å². The predicted molar refractivity (Wildman–Crippen MR) is 71.7 cm³/mol. The van der Waals surface area contributed by atoms with E-state index in [0.717, 1.165) is 31.6 Å². The van der Waals surface area contributed by atoms with Gasteiger partial charge in [-0.05, 0) is 38.1 Å². The Morgan fingerprint density at radius 2 is 1.82 bits per heavy atom. The number of rotatable bonds is 2. The molecule has 1 heterocycles. The maximum atomic E-state index is 11.6. The molecule has 0 radical (unpaired) electrons. The van der Waals surface area contributed by atoms with E-state index in [2.05, 4.69) is 16.0 Å². The van der Waals surface area contributed by atoms with Crippen molar-refractivity contribution in [3.05, 3.63) is 30.3 Å². The van der Waals surface area contributed by atoms with Crippen LogP contribution in [0.5, 0.6) is 0 Å². The maximum absolute atomic E-state index is 11.6. The Hall–Kier alpha value is -1.26. The summed E-state index contributed by atoms with van der Waals surface area (Å²) in [5.41, 5.74) is 0.828. The highest BCUT2D eigenvalue weighted by Crippen LogP contribution is 2.06. The second-order valence-corrected chi connectivity index (χ2v) is 3.99. The first-order chi connectivity index (χ1) is 7.84. The van der Waals surface area contributed by atoms with Crippen LogP contribution in [0.15, 0.2) is 30.3 Å². The number of benzene rings is 1. The molecular formula is C12H18ClN3O. The monoisotopic (exact) mass is 255 g/mol. The zero-order chi connectivity index (χ0) is 11.2. The molecule has 0 atom stereocenters. The number of nitrogens with one attached hydrogen (secondary N) is 3. The molecule has 2 rings (SSSR count). The number of urea groups is 1. The molecule has 3 N–H and O–H groups in total. The minimum Gasteiger partial charge on any atom is -0.335 e. The van der Waals surface area contributed by atoms with E-state index < -0.39 is 0 Å². The van der Waals surface area contributed by atoms with Crippen molar-refractivity contribution in [2.24, 2.45) is 0 Å². The fourth-order valence-electron chi connectivity index (χ4n) is 1.84. The van der Waals surface area contributed by atoms with Crippen LogP contribution < -0.4 is 16.0 Å². The van der Waals surface area contributed by atoms with Crippen molar-refractivity contribution in [3.8, 4) is 0 Å². The van der Waals surface area contributed by atoms with E-state index in [1.54, 1.807) is 0 Å². The third-order valence-electron chi connectivity index (χ3n) is 2.71. The highest BCUT2D eigenvalue weighted by molar-refractivity contribution is 5.89. The molecule has 0 saturated carbocycles. The van der Waals surface area contributed by atoms with Crippen LogP contribution >= 0.6 is 12.4 Å². The normalized spacial score (nSPS) is 15.8. The van der Waals surface area contributed by atoms with Crippen molar-refractivity contribution in [1.29, 1.82) is 0 Å². The van der Waals surface area contributed by atoms with Gasteiger partial charge in [0.05, 0.1) is 0 Å². The van der Waals surface area contributed by atoms with Crippen LogP contribution in [0.4, 0.5) is 10.5 Å². The van der Waals surface area contributed by atoms with Crippen LogP contribution in [0.3, 0.4) is 0 Å². The standard InChI is InChI=1S/C12H17N3O.ClH/c16-12(14-10-4-2-1-3-5-10)15-11-6-8-13-9-7-11;/h1-5,11,13H,6-9H2,(H2,14,15,16);1H. The Bertz CT molecular complexity index is 339. The van der Waals surface area contributed by atoms with Gasteiger partial charge in [0.1, 0.15) is 0 Å². The molecule has 0 unspecified atom stereocenters. The summed E-state index contributed by atoms with van der Waals surface area (Å²) < 4.78 is 0. The molecule has 1 aliphatic rings. The van der Waals surface area contributed by atoms with E-state index in [4.69, 9.17) is 0 Å². The van der Waals surface area contributed by atoms with Crippen molar-refractivity contribution < 1.29 is 4.79 Å². The van der Waals surface area contributed by atoms with Gasteiger partial charge in [-0.3, -0.25) is 0 Å². The summed E-state index contributed by atoms with van der Waals surface area (Å²) in [5.74, 6) is 0. The van der Waals surface area contributed by atoms with Crippen molar-refractivity contribution >= 4 is 24.1 Å². The van der Waals surface area contributed by atoms with Gasteiger partial charge in [0, 0.05) is 11.7 Å². The lowest BCUT2D eigenvalue weighted by Crippen LogP contribution is -2.44. The molecule has 1 aliphatic heterocycles. The molecule has 0 aromatic heterocycles. The Kier molecular flexibility index (Phi) is 5.80. The Morgan fingerprint density at radius 1 is 1.18 bits per heavy atom. The van der Waals surface area contributed by atoms with Gasteiger partial charge in [0.15, 0.2) is 0 Å². The minimum absolute atomic E-state index is 0. The molecule has 2 amide bonds. The Balaban J connectivity index is 0.00000144.